The van der Waals surface area contributed by atoms with Gasteiger partial charge in [0.15, 0.2) is 12.6 Å². The van der Waals surface area contributed by atoms with Gasteiger partial charge in [0.05, 0.1) is 28.7 Å². The zero-order valence-corrected chi connectivity index (χ0v) is 20.2. The van der Waals surface area contributed by atoms with E-state index < -0.39 is 6.09 Å². The summed E-state index contributed by atoms with van der Waals surface area (Å²) in [6.07, 6.45) is 2.88. The van der Waals surface area contributed by atoms with Gasteiger partial charge in [-0.1, -0.05) is 0 Å². The molecule has 0 saturated carbocycles. The SMILES string of the molecule is COCOc1cc2nn(C)cc2cc1-c1ncc2cc(N3C[C@@H](C)N(C(=O)O)[C@@H](C)C3)ccc2n1. The molecule has 2 atom stereocenters. The van der Waals surface area contributed by atoms with E-state index in [4.69, 9.17) is 14.5 Å². The summed E-state index contributed by atoms with van der Waals surface area (Å²) < 4.78 is 12.7. The molecule has 35 heavy (non-hydrogen) atoms. The van der Waals surface area contributed by atoms with Gasteiger partial charge in [0.2, 0.25) is 0 Å². The lowest BCUT2D eigenvalue weighted by atomic mass is 10.1. The fraction of sp³-hybridized carbons (Fsp3) is 0.360. The quantitative estimate of drug-likeness (QED) is 0.434. The highest BCUT2D eigenvalue weighted by Gasteiger charge is 2.32. The zero-order chi connectivity index (χ0) is 24.7. The number of amides is 1. The molecule has 0 aliphatic carbocycles. The van der Waals surface area contributed by atoms with Gasteiger partial charge < -0.3 is 19.5 Å². The minimum absolute atomic E-state index is 0.0986. The number of carbonyl (C=O) groups is 1. The van der Waals surface area contributed by atoms with Crippen molar-refractivity contribution in [3.8, 4) is 17.1 Å². The van der Waals surface area contributed by atoms with Crippen molar-refractivity contribution in [2.24, 2.45) is 7.05 Å². The smallest absolute Gasteiger partial charge is 0.407 e. The van der Waals surface area contributed by atoms with Crippen LogP contribution in [0.4, 0.5) is 10.5 Å². The van der Waals surface area contributed by atoms with E-state index in [2.05, 4.69) is 21.0 Å². The van der Waals surface area contributed by atoms with Crippen molar-refractivity contribution in [3.05, 3.63) is 42.7 Å². The van der Waals surface area contributed by atoms with E-state index >= 15 is 0 Å². The number of nitrogens with zero attached hydrogens (tertiary/aromatic N) is 6. The van der Waals surface area contributed by atoms with E-state index in [1.807, 2.05) is 57.6 Å². The fourth-order valence-corrected chi connectivity index (χ4v) is 4.85. The molecule has 1 amide bonds. The van der Waals surface area contributed by atoms with E-state index in [9.17, 15) is 9.90 Å². The Bertz CT molecular complexity index is 1390. The lowest BCUT2D eigenvalue weighted by Crippen LogP contribution is -2.58. The highest BCUT2D eigenvalue weighted by atomic mass is 16.7. The van der Waals surface area contributed by atoms with Gasteiger partial charge in [-0.2, -0.15) is 5.10 Å². The molecule has 1 aliphatic rings. The first-order chi connectivity index (χ1) is 16.8. The number of hydrogen-bond donors (Lipinski definition) is 1. The van der Waals surface area contributed by atoms with E-state index in [-0.39, 0.29) is 18.9 Å². The van der Waals surface area contributed by atoms with Gasteiger partial charge in [0, 0.05) is 62.2 Å². The number of fused-ring (bicyclic) bond motifs is 2. The molecule has 1 saturated heterocycles. The molecule has 0 radical (unpaired) electrons. The maximum atomic E-state index is 11.6. The first kappa shape index (κ1) is 22.9. The first-order valence-electron chi connectivity index (χ1n) is 11.5. The third-order valence-electron chi connectivity index (χ3n) is 6.36. The largest absolute Gasteiger partial charge is 0.467 e. The number of piperazine rings is 1. The van der Waals surface area contributed by atoms with Crippen LogP contribution in [0.1, 0.15) is 13.8 Å². The van der Waals surface area contributed by atoms with Crippen molar-refractivity contribution in [2.45, 2.75) is 25.9 Å². The van der Waals surface area contributed by atoms with Crippen LogP contribution >= 0.6 is 0 Å². The van der Waals surface area contributed by atoms with Gasteiger partial charge in [-0.05, 0) is 38.1 Å². The number of aromatic nitrogens is 4. The summed E-state index contributed by atoms with van der Waals surface area (Å²) in [4.78, 5) is 24.8. The lowest BCUT2D eigenvalue weighted by Gasteiger charge is -2.43. The second-order valence-electron chi connectivity index (χ2n) is 8.99. The Kier molecular flexibility index (Phi) is 5.89. The molecule has 0 unspecified atom stereocenters. The van der Waals surface area contributed by atoms with Crippen LogP contribution in [0.3, 0.4) is 0 Å². The maximum absolute atomic E-state index is 11.6. The minimum atomic E-state index is -0.873. The Balaban J connectivity index is 1.48. The molecule has 0 bridgehead atoms. The van der Waals surface area contributed by atoms with Crippen LogP contribution in [0.15, 0.2) is 42.7 Å². The Morgan fingerprint density at radius 2 is 1.89 bits per heavy atom. The molecular weight excluding hydrogens is 448 g/mol. The van der Waals surface area contributed by atoms with Gasteiger partial charge in [-0.25, -0.2) is 14.8 Å². The Morgan fingerprint density at radius 3 is 2.60 bits per heavy atom. The number of rotatable bonds is 5. The standard InChI is InChI=1S/C25H28N6O4/c1-15-11-30(12-16(2)31(15)25(32)33)19-5-6-21-17(7-19)10-26-24(27-21)20-8-18-13-29(3)28-22(18)9-23(20)35-14-34-4/h5-10,13,15-16H,11-12,14H2,1-4H3,(H,32,33)/t15-,16+. The molecule has 4 aromatic rings. The highest BCUT2D eigenvalue weighted by Crippen LogP contribution is 2.33. The Morgan fingerprint density at radius 1 is 1.11 bits per heavy atom. The average Bonchev–Trinajstić information content (AvgIpc) is 3.19. The molecule has 2 aromatic heterocycles. The van der Waals surface area contributed by atoms with Crippen LogP contribution < -0.4 is 9.64 Å². The predicted octanol–water partition coefficient (Wildman–Crippen LogP) is 3.74. The van der Waals surface area contributed by atoms with Gasteiger partial charge in [-0.15, -0.1) is 0 Å². The summed E-state index contributed by atoms with van der Waals surface area (Å²) in [5.74, 6) is 1.16. The maximum Gasteiger partial charge on any atom is 0.407 e. The van der Waals surface area contributed by atoms with Crippen molar-refractivity contribution in [2.75, 3.05) is 31.9 Å². The van der Waals surface area contributed by atoms with Crippen molar-refractivity contribution < 1.29 is 19.4 Å². The summed E-state index contributed by atoms with van der Waals surface area (Å²) >= 11 is 0. The number of carboxylic acid groups (broad SMARTS) is 1. The monoisotopic (exact) mass is 476 g/mol. The third kappa shape index (κ3) is 4.32. The summed E-state index contributed by atoms with van der Waals surface area (Å²) in [6.45, 7) is 5.25. The second kappa shape index (κ2) is 9.03. The Hall–Kier alpha value is -3.92. The zero-order valence-electron chi connectivity index (χ0n) is 20.2. The molecule has 3 heterocycles. The third-order valence-corrected chi connectivity index (χ3v) is 6.36. The van der Waals surface area contributed by atoms with Crippen molar-refractivity contribution >= 4 is 33.6 Å². The molecule has 10 nitrogen and oxygen atoms in total. The number of benzene rings is 2. The van der Waals surface area contributed by atoms with E-state index in [1.165, 1.54) is 4.90 Å². The molecule has 5 rings (SSSR count). The molecular formula is C25H28N6O4. The number of ether oxygens (including phenoxy) is 2. The topological polar surface area (TPSA) is 106 Å². The minimum Gasteiger partial charge on any atom is -0.467 e. The fourth-order valence-electron chi connectivity index (χ4n) is 4.85. The van der Waals surface area contributed by atoms with Crippen molar-refractivity contribution in [1.82, 2.24) is 24.6 Å². The lowest BCUT2D eigenvalue weighted by molar-refractivity contribution is 0.0516. The number of aryl methyl sites for hydroxylation is 1. The average molecular weight is 477 g/mol. The first-order valence-corrected chi connectivity index (χ1v) is 11.5. The molecule has 1 N–H and O–H groups in total. The molecule has 182 valence electrons. The van der Waals surface area contributed by atoms with Gasteiger partial charge in [-0.3, -0.25) is 9.58 Å². The summed E-state index contributed by atoms with van der Waals surface area (Å²) in [7, 11) is 3.45. The Labute approximate surface area is 202 Å². The summed E-state index contributed by atoms with van der Waals surface area (Å²) in [5, 5.41) is 15.8. The summed E-state index contributed by atoms with van der Waals surface area (Å²) in [5.41, 5.74) is 3.42. The van der Waals surface area contributed by atoms with Crippen LogP contribution in [0.5, 0.6) is 5.75 Å². The highest BCUT2D eigenvalue weighted by molar-refractivity contribution is 5.88. The second-order valence-corrected chi connectivity index (χ2v) is 8.99. The van der Waals surface area contributed by atoms with Crippen LogP contribution in [-0.2, 0) is 11.8 Å². The van der Waals surface area contributed by atoms with E-state index in [0.29, 0.717) is 24.7 Å². The van der Waals surface area contributed by atoms with Crippen molar-refractivity contribution in [1.29, 1.82) is 0 Å². The van der Waals surface area contributed by atoms with E-state index in [1.54, 1.807) is 11.8 Å². The molecule has 1 aliphatic heterocycles. The number of hydrogen-bond acceptors (Lipinski definition) is 7. The van der Waals surface area contributed by atoms with Crippen LogP contribution in [0.2, 0.25) is 0 Å². The van der Waals surface area contributed by atoms with Gasteiger partial charge >= 0.3 is 6.09 Å². The van der Waals surface area contributed by atoms with Crippen LogP contribution in [-0.4, -0.2) is 74.9 Å². The van der Waals surface area contributed by atoms with Crippen LogP contribution in [0.25, 0.3) is 33.2 Å². The molecule has 1 fully saturated rings. The molecule has 0 spiro atoms. The summed E-state index contributed by atoms with van der Waals surface area (Å²) in [6, 6.07) is 9.72. The molecule has 2 aromatic carbocycles. The van der Waals surface area contributed by atoms with E-state index in [0.717, 1.165) is 33.1 Å². The van der Waals surface area contributed by atoms with Gasteiger partial charge in [0.1, 0.15) is 5.75 Å². The van der Waals surface area contributed by atoms with Crippen molar-refractivity contribution in [3.63, 3.8) is 0 Å². The molecule has 10 heteroatoms. The van der Waals surface area contributed by atoms with Gasteiger partial charge in [0.25, 0.3) is 0 Å². The predicted molar refractivity (Wildman–Crippen MR) is 133 cm³/mol. The van der Waals surface area contributed by atoms with Crippen LogP contribution in [0, 0.1) is 0 Å². The normalized spacial score (nSPS) is 18.4. The number of methoxy groups -OCH3 is 1. The number of anilines is 1.